The van der Waals surface area contributed by atoms with Crippen LogP contribution in [0.4, 0.5) is 4.39 Å². The van der Waals surface area contributed by atoms with Crippen molar-refractivity contribution in [3.05, 3.63) is 35.3 Å². The van der Waals surface area contributed by atoms with Crippen LogP contribution in [0.3, 0.4) is 0 Å². The molecule has 0 radical (unpaired) electrons. The van der Waals surface area contributed by atoms with Gasteiger partial charge in [0.2, 0.25) is 0 Å². The minimum Gasteiger partial charge on any atom is -0.352 e. The number of amides is 1. The summed E-state index contributed by atoms with van der Waals surface area (Å²) >= 11 is 0. The van der Waals surface area contributed by atoms with E-state index in [1.165, 1.54) is 12.1 Å². The maximum absolute atomic E-state index is 13.3. The number of halogens is 1. The van der Waals surface area contributed by atoms with Crippen molar-refractivity contribution >= 4 is 16.8 Å². The third kappa shape index (κ3) is 1.44. The first-order valence-electron chi connectivity index (χ1n) is 5.73. The van der Waals surface area contributed by atoms with Crippen molar-refractivity contribution in [2.75, 3.05) is 6.54 Å². The van der Waals surface area contributed by atoms with Crippen molar-refractivity contribution < 1.29 is 9.18 Å². The molecule has 2 aromatic rings. The Kier molecular flexibility index (Phi) is 2.18. The Hall–Kier alpha value is -1.84. The molecule has 88 valence electrons. The van der Waals surface area contributed by atoms with Crippen molar-refractivity contribution in [3.8, 4) is 0 Å². The van der Waals surface area contributed by atoms with E-state index in [4.69, 9.17) is 0 Å². The van der Waals surface area contributed by atoms with Gasteiger partial charge in [0.15, 0.2) is 0 Å². The summed E-state index contributed by atoms with van der Waals surface area (Å²) in [6.07, 6.45) is 1.77. The molecule has 0 saturated carbocycles. The molecule has 1 aromatic carbocycles. The van der Waals surface area contributed by atoms with E-state index in [0.29, 0.717) is 17.5 Å². The van der Waals surface area contributed by atoms with Crippen molar-refractivity contribution in [2.24, 2.45) is 7.05 Å². The predicted molar refractivity (Wildman–Crippen MR) is 63.5 cm³/mol. The summed E-state index contributed by atoms with van der Waals surface area (Å²) in [6.45, 7) is 0.685. The second kappa shape index (κ2) is 3.58. The van der Waals surface area contributed by atoms with E-state index in [1.54, 1.807) is 6.07 Å². The zero-order valence-corrected chi connectivity index (χ0v) is 9.59. The number of hydrogen-bond acceptors (Lipinski definition) is 1. The minimum absolute atomic E-state index is 0.0892. The highest BCUT2D eigenvalue weighted by Crippen LogP contribution is 2.28. The number of nitrogens with zero attached hydrogens (tertiary/aromatic N) is 1. The molecule has 17 heavy (non-hydrogen) atoms. The van der Waals surface area contributed by atoms with Crippen LogP contribution in [-0.2, 0) is 13.5 Å². The monoisotopic (exact) mass is 232 g/mol. The van der Waals surface area contributed by atoms with Gasteiger partial charge < -0.3 is 9.88 Å². The lowest BCUT2D eigenvalue weighted by Gasteiger charge is -2.02. The smallest absolute Gasteiger partial charge is 0.253 e. The van der Waals surface area contributed by atoms with Crippen molar-refractivity contribution in [1.29, 1.82) is 0 Å². The molecule has 4 heteroatoms. The molecule has 3 nitrogen and oxygen atoms in total. The van der Waals surface area contributed by atoms with Gasteiger partial charge in [-0.15, -0.1) is 0 Å². The molecule has 1 amide bonds. The van der Waals surface area contributed by atoms with Crippen LogP contribution in [0.25, 0.3) is 10.9 Å². The SMILES string of the molecule is Cn1c2c(c3cc(F)ccc31)C(=O)NCCC2. The quantitative estimate of drug-likeness (QED) is 0.740. The molecule has 0 spiro atoms. The zero-order valence-electron chi connectivity index (χ0n) is 9.59. The maximum Gasteiger partial charge on any atom is 0.253 e. The van der Waals surface area contributed by atoms with E-state index >= 15 is 0 Å². The molecule has 0 bridgehead atoms. The van der Waals surface area contributed by atoms with E-state index in [0.717, 1.165) is 24.1 Å². The average Bonchev–Trinajstić information content (AvgIpc) is 2.46. The predicted octanol–water partition coefficient (Wildman–Crippen LogP) is 1.99. The second-order valence-corrected chi connectivity index (χ2v) is 4.40. The van der Waals surface area contributed by atoms with Gasteiger partial charge in [0, 0.05) is 30.2 Å². The van der Waals surface area contributed by atoms with Gasteiger partial charge in [-0.1, -0.05) is 0 Å². The number of nitrogens with one attached hydrogen (secondary N) is 1. The summed E-state index contributed by atoms with van der Waals surface area (Å²) in [5, 5.41) is 3.56. The third-order valence-corrected chi connectivity index (χ3v) is 3.39. The van der Waals surface area contributed by atoms with Crippen molar-refractivity contribution in [3.63, 3.8) is 0 Å². The first-order chi connectivity index (χ1) is 8.18. The van der Waals surface area contributed by atoms with Crippen molar-refractivity contribution in [2.45, 2.75) is 12.8 Å². The van der Waals surface area contributed by atoms with Crippen LogP contribution >= 0.6 is 0 Å². The maximum atomic E-state index is 13.3. The van der Waals surface area contributed by atoms with Gasteiger partial charge in [0.25, 0.3) is 5.91 Å². The Morgan fingerprint density at radius 3 is 3.06 bits per heavy atom. The number of fused-ring (bicyclic) bond motifs is 3. The Morgan fingerprint density at radius 2 is 2.24 bits per heavy atom. The zero-order chi connectivity index (χ0) is 12.0. The standard InChI is InChI=1S/C13H13FN2O/c1-16-10-5-4-8(14)7-9(10)12-11(16)3-2-6-15-13(12)17/h4-5,7H,2-3,6H2,1H3,(H,15,17). The van der Waals surface area contributed by atoms with Crippen LogP contribution in [-0.4, -0.2) is 17.0 Å². The molecule has 1 aliphatic rings. The number of aromatic nitrogens is 1. The summed E-state index contributed by atoms with van der Waals surface area (Å²) in [5.74, 6) is -0.392. The highest BCUT2D eigenvalue weighted by molar-refractivity contribution is 6.08. The number of carbonyl (C=O) groups is 1. The van der Waals surface area contributed by atoms with E-state index in [1.807, 2.05) is 11.6 Å². The van der Waals surface area contributed by atoms with E-state index in [2.05, 4.69) is 5.32 Å². The van der Waals surface area contributed by atoms with Crippen LogP contribution < -0.4 is 5.32 Å². The number of carbonyl (C=O) groups excluding carboxylic acids is 1. The molecular formula is C13H13FN2O. The van der Waals surface area contributed by atoms with Crippen LogP contribution in [0.2, 0.25) is 0 Å². The molecule has 1 aliphatic heterocycles. The summed E-state index contributed by atoms with van der Waals surface area (Å²) in [4.78, 5) is 12.0. The molecule has 1 N–H and O–H groups in total. The van der Waals surface area contributed by atoms with Gasteiger partial charge in [-0.2, -0.15) is 0 Å². The van der Waals surface area contributed by atoms with E-state index in [9.17, 15) is 9.18 Å². The summed E-state index contributed by atoms with van der Waals surface area (Å²) in [7, 11) is 1.93. The fraction of sp³-hybridized carbons (Fsp3) is 0.308. The molecule has 1 aromatic heterocycles. The van der Waals surface area contributed by atoms with Gasteiger partial charge in [-0.3, -0.25) is 4.79 Å². The largest absolute Gasteiger partial charge is 0.352 e. The van der Waals surface area contributed by atoms with Crippen molar-refractivity contribution in [1.82, 2.24) is 9.88 Å². The normalized spacial score (nSPS) is 15.5. The molecule has 0 atom stereocenters. The van der Waals surface area contributed by atoms with E-state index in [-0.39, 0.29) is 11.7 Å². The number of aryl methyl sites for hydroxylation is 1. The Balaban J connectivity index is 2.39. The Morgan fingerprint density at radius 1 is 1.41 bits per heavy atom. The fourth-order valence-corrected chi connectivity index (χ4v) is 2.56. The van der Waals surface area contributed by atoms with Gasteiger partial charge in [0.1, 0.15) is 5.82 Å². The minimum atomic E-state index is -0.303. The molecule has 0 aliphatic carbocycles. The van der Waals surface area contributed by atoms with Crippen LogP contribution in [0.1, 0.15) is 22.5 Å². The highest BCUT2D eigenvalue weighted by atomic mass is 19.1. The van der Waals surface area contributed by atoms with Crippen LogP contribution in [0.5, 0.6) is 0 Å². The Bertz CT molecular complexity index is 615. The summed E-state index contributed by atoms with van der Waals surface area (Å²) in [6, 6.07) is 4.60. The van der Waals surface area contributed by atoms with E-state index < -0.39 is 0 Å². The van der Waals surface area contributed by atoms with Crippen LogP contribution in [0, 0.1) is 5.82 Å². The molecule has 2 heterocycles. The molecule has 0 saturated heterocycles. The Labute approximate surface area is 98.2 Å². The lowest BCUT2D eigenvalue weighted by molar-refractivity contribution is 0.0957. The number of benzene rings is 1. The van der Waals surface area contributed by atoms with Gasteiger partial charge in [-0.05, 0) is 31.0 Å². The summed E-state index contributed by atoms with van der Waals surface area (Å²) in [5.41, 5.74) is 2.55. The topological polar surface area (TPSA) is 34.0 Å². The fourth-order valence-electron chi connectivity index (χ4n) is 2.56. The first-order valence-corrected chi connectivity index (χ1v) is 5.73. The third-order valence-electron chi connectivity index (χ3n) is 3.39. The van der Waals surface area contributed by atoms with Gasteiger partial charge in [-0.25, -0.2) is 4.39 Å². The number of hydrogen-bond donors (Lipinski definition) is 1. The molecule has 0 unspecified atom stereocenters. The summed E-state index contributed by atoms with van der Waals surface area (Å²) < 4.78 is 15.3. The first kappa shape index (κ1) is 10.3. The van der Waals surface area contributed by atoms with Crippen LogP contribution in [0.15, 0.2) is 18.2 Å². The van der Waals surface area contributed by atoms with Gasteiger partial charge in [0.05, 0.1) is 5.56 Å². The molecule has 0 fully saturated rings. The lowest BCUT2D eigenvalue weighted by atomic mass is 10.1. The average molecular weight is 232 g/mol. The lowest BCUT2D eigenvalue weighted by Crippen LogP contribution is -2.22. The van der Waals surface area contributed by atoms with Gasteiger partial charge >= 0.3 is 0 Å². The second-order valence-electron chi connectivity index (χ2n) is 4.40. The molecule has 3 rings (SSSR count). The highest BCUT2D eigenvalue weighted by Gasteiger charge is 2.23. The molecular weight excluding hydrogens is 219 g/mol. The number of rotatable bonds is 0.